The van der Waals surface area contributed by atoms with E-state index >= 15 is 4.39 Å². The van der Waals surface area contributed by atoms with Crippen LogP contribution in [-0.4, -0.2) is 26.5 Å². The van der Waals surface area contributed by atoms with E-state index in [1.165, 1.54) is 36.1 Å². The van der Waals surface area contributed by atoms with Gasteiger partial charge in [0.1, 0.15) is 23.1 Å². The molecule has 5 rings (SSSR count). The third kappa shape index (κ3) is 4.35. The van der Waals surface area contributed by atoms with Crippen LogP contribution in [0.25, 0.3) is 22.4 Å². The predicted octanol–water partition coefficient (Wildman–Crippen LogP) is 7.00. The normalized spacial score (nSPS) is 15.0. The number of carbonyl (C=O) groups is 2. The van der Waals surface area contributed by atoms with Crippen LogP contribution in [0.15, 0.2) is 60.7 Å². The fraction of sp³-hybridized carbons (Fsp3) is 0.250. The number of carboxylic acid groups (broad SMARTS) is 1. The monoisotopic (exact) mass is 523 g/mol. The maximum Gasteiger partial charge on any atom is 0.335 e. The summed E-state index contributed by atoms with van der Waals surface area (Å²) in [6, 6.07) is 14.9. The number of fused-ring (bicyclic) bond motifs is 1. The molecule has 37 heavy (non-hydrogen) atoms. The van der Waals surface area contributed by atoms with Crippen LogP contribution < -0.4 is 4.90 Å². The van der Waals surface area contributed by atoms with Crippen LogP contribution in [0.5, 0.6) is 0 Å². The number of anilines is 1. The SMILES string of the molecule is CC(=O)N(c1ccc(C(=O)O)cc1F)C1(n2c(-c3ccc(Cl)cc3)nc3cc(F)ccc32)CCCCC1. The van der Waals surface area contributed by atoms with E-state index in [0.717, 1.165) is 25.3 Å². The van der Waals surface area contributed by atoms with E-state index in [-0.39, 0.29) is 11.3 Å². The van der Waals surface area contributed by atoms with Crippen LogP contribution in [0.3, 0.4) is 0 Å². The van der Waals surface area contributed by atoms with E-state index in [9.17, 15) is 19.1 Å². The van der Waals surface area contributed by atoms with Gasteiger partial charge in [-0.2, -0.15) is 0 Å². The third-order valence-electron chi connectivity index (χ3n) is 6.96. The van der Waals surface area contributed by atoms with E-state index in [1.807, 2.05) is 4.57 Å². The summed E-state index contributed by atoms with van der Waals surface area (Å²) in [5.41, 5.74) is 0.397. The summed E-state index contributed by atoms with van der Waals surface area (Å²) in [7, 11) is 0. The first kappa shape index (κ1) is 24.9. The van der Waals surface area contributed by atoms with Gasteiger partial charge in [-0.25, -0.2) is 18.6 Å². The quantitative estimate of drug-likeness (QED) is 0.305. The number of rotatable bonds is 5. The van der Waals surface area contributed by atoms with E-state index in [4.69, 9.17) is 16.6 Å². The lowest BCUT2D eigenvalue weighted by Gasteiger charge is -2.48. The number of amides is 1. The Morgan fingerprint density at radius 3 is 2.32 bits per heavy atom. The summed E-state index contributed by atoms with van der Waals surface area (Å²) >= 11 is 6.13. The molecule has 0 saturated heterocycles. The Morgan fingerprint density at radius 2 is 1.70 bits per heavy atom. The number of aromatic nitrogens is 2. The molecule has 1 N–H and O–H groups in total. The molecule has 1 aliphatic carbocycles. The zero-order valence-electron chi connectivity index (χ0n) is 20.0. The van der Waals surface area contributed by atoms with Crippen molar-refractivity contribution in [1.29, 1.82) is 0 Å². The standard InChI is InChI=1S/C28H24ClF2N3O3/c1-17(35)33(24-11-7-19(27(36)37)15-22(24)31)28(13-3-2-4-14-28)34-25-12-10-21(30)16-23(25)32-26(34)18-5-8-20(29)9-6-18/h5-12,15-16H,2-4,13-14H2,1H3,(H,36,37). The van der Waals surface area contributed by atoms with E-state index < -0.39 is 29.2 Å². The number of halogens is 3. The molecule has 1 amide bonds. The van der Waals surface area contributed by atoms with Crippen molar-refractivity contribution in [3.8, 4) is 11.4 Å². The number of hydrogen-bond acceptors (Lipinski definition) is 3. The van der Waals surface area contributed by atoms with Crippen molar-refractivity contribution in [1.82, 2.24) is 9.55 Å². The summed E-state index contributed by atoms with van der Waals surface area (Å²) in [4.78, 5) is 30.9. The Labute approximate surface area is 217 Å². The average Bonchev–Trinajstić information content (AvgIpc) is 3.25. The summed E-state index contributed by atoms with van der Waals surface area (Å²) in [6.07, 6.45) is 3.46. The second kappa shape index (κ2) is 9.59. The molecule has 4 aromatic rings. The molecule has 1 fully saturated rings. The molecule has 1 aliphatic rings. The van der Waals surface area contributed by atoms with Crippen LogP contribution in [-0.2, 0) is 10.5 Å². The summed E-state index contributed by atoms with van der Waals surface area (Å²) in [6.45, 7) is 1.36. The first-order valence-corrected chi connectivity index (χ1v) is 12.4. The molecule has 0 aliphatic heterocycles. The van der Waals surface area contributed by atoms with Gasteiger partial charge in [-0.15, -0.1) is 0 Å². The van der Waals surface area contributed by atoms with Gasteiger partial charge in [0.15, 0.2) is 0 Å². The second-order valence-corrected chi connectivity index (χ2v) is 9.72. The largest absolute Gasteiger partial charge is 0.478 e. The van der Waals surface area contributed by atoms with Crippen molar-refractivity contribution in [2.24, 2.45) is 0 Å². The molecule has 0 spiro atoms. The minimum atomic E-state index is -1.26. The van der Waals surface area contributed by atoms with Crippen LogP contribution >= 0.6 is 11.6 Å². The van der Waals surface area contributed by atoms with Crippen molar-refractivity contribution in [2.75, 3.05) is 4.90 Å². The molecule has 0 unspecified atom stereocenters. The average molecular weight is 524 g/mol. The fourth-order valence-electron chi connectivity index (χ4n) is 5.44. The fourth-order valence-corrected chi connectivity index (χ4v) is 5.57. The Kier molecular flexibility index (Phi) is 6.45. The minimum absolute atomic E-state index is 0.0228. The third-order valence-corrected chi connectivity index (χ3v) is 7.21. The van der Waals surface area contributed by atoms with Gasteiger partial charge in [0.25, 0.3) is 0 Å². The summed E-state index contributed by atoms with van der Waals surface area (Å²) in [5, 5.41) is 9.86. The van der Waals surface area contributed by atoms with Crippen LogP contribution in [0.4, 0.5) is 14.5 Å². The highest BCUT2D eigenvalue weighted by molar-refractivity contribution is 6.30. The molecule has 0 bridgehead atoms. The van der Waals surface area contributed by atoms with Crippen molar-refractivity contribution in [3.63, 3.8) is 0 Å². The number of nitrogens with zero attached hydrogens (tertiary/aromatic N) is 3. The lowest BCUT2D eigenvalue weighted by molar-refractivity contribution is -0.119. The topological polar surface area (TPSA) is 75.4 Å². The summed E-state index contributed by atoms with van der Waals surface area (Å²) in [5.74, 6) is -2.44. The highest BCUT2D eigenvalue weighted by Crippen LogP contribution is 2.46. The predicted molar refractivity (Wildman–Crippen MR) is 138 cm³/mol. The highest BCUT2D eigenvalue weighted by atomic mass is 35.5. The summed E-state index contributed by atoms with van der Waals surface area (Å²) < 4.78 is 31.6. The van der Waals surface area contributed by atoms with Crippen molar-refractivity contribution < 1.29 is 23.5 Å². The molecular weight excluding hydrogens is 500 g/mol. The Bertz CT molecular complexity index is 1510. The van der Waals surface area contributed by atoms with Crippen LogP contribution in [0, 0.1) is 11.6 Å². The number of benzene rings is 3. The van der Waals surface area contributed by atoms with Crippen molar-refractivity contribution in [3.05, 3.63) is 82.9 Å². The van der Waals surface area contributed by atoms with Gasteiger partial charge < -0.3 is 5.11 Å². The number of carboxylic acids is 1. The van der Waals surface area contributed by atoms with Gasteiger partial charge in [0.05, 0.1) is 22.3 Å². The van der Waals surface area contributed by atoms with Crippen molar-refractivity contribution >= 4 is 40.2 Å². The molecule has 1 saturated carbocycles. The van der Waals surface area contributed by atoms with E-state index in [1.54, 1.807) is 30.3 Å². The van der Waals surface area contributed by atoms with E-state index in [0.29, 0.717) is 40.3 Å². The maximum absolute atomic E-state index is 15.5. The molecule has 190 valence electrons. The lowest BCUT2D eigenvalue weighted by Crippen LogP contribution is -2.55. The Hall–Kier alpha value is -3.78. The Balaban J connectivity index is 1.83. The lowest BCUT2D eigenvalue weighted by atomic mass is 9.85. The van der Waals surface area contributed by atoms with Gasteiger partial charge in [0, 0.05) is 23.6 Å². The van der Waals surface area contributed by atoms with Gasteiger partial charge in [0.2, 0.25) is 5.91 Å². The number of imidazole rings is 1. The zero-order valence-corrected chi connectivity index (χ0v) is 20.8. The van der Waals surface area contributed by atoms with Gasteiger partial charge in [-0.1, -0.05) is 18.0 Å². The first-order valence-electron chi connectivity index (χ1n) is 12.0. The molecule has 0 atom stereocenters. The molecule has 9 heteroatoms. The Morgan fingerprint density at radius 1 is 1.00 bits per heavy atom. The van der Waals surface area contributed by atoms with Gasteiger partial charge in [-0.05, 0) is 80.3 Å². The zero-order chi connectivity index (χ0) is 26.3. The second-order valence-electron chi connectivity index (χ2n) is 9.28. The molecular formula is C28H24ClF2N3O3. The van der Waals surface area contributed by atoms with Gasteiger partial charge >= 0.3 is 5.97 Å². The minimum Gasteiger partial charge on any atom is -0.478 e. The molecule has 1 heterocycles. The number of aromatic carboxylic acids is 1. The van der Waals surface area contributed by atoms with Gasteiger partial charge in [-0.3, -0.25) is 14.3 Å². The smallest absolute Gasteiger partial charge is 0.335 e. The first-order chi connectivity index (χ1) is 17.7. The molecule has 3 aromatic carbocycles. The van der Waals surface area contributed by atoms with Crippen molar-refractivity contribution in [2.45, 2.75) is 44.7 Å². The van der Waals surface area contributed by atoms with Crippen LogP contribution in [0.1, 0.15) is 49.4 Å². The molecule has 6 nitrogen and oxygen atoms in total. The van der Waals surface area contributed by atoms with E-state index in [2.05, 4.69) is 0 Å². The molecule has 1 aromatic heterocycles. The molecule has 0 radical (unpaired) electrons. The number of carbonyl (C=O) groups excluding carboxylic acids is 1. The number of hydrogen-bond donors (Lipinski definition) is 1. The maximum atomic E-state index is 15.5. The highest BCUT2D eigenvalue weighted by Gasteiger charge is 2.45. The van der Waals surface area contributed by atoms with Crippen LogP contribution in [0.2, 0.25) is 5.02 Å².